The van der Waals surface area contributed by atoms with Crippen molar-refractivity contribution < 1.29 is 13.9 Å². The van der Waals surface area contributed by atoms with Crippen molar-refractivity contribution >= 4 is 22.7 Å². The highest BCUT2D eigenvalue weighted by Crippen LogP contribution is 2.39. The van der Waals surface area contributed by atoms with Gasteiger partial charge in [-0.1, -0.05) is 13.0 Å². The number of likely N-dealkylation sites (N-methyl/N-ethyl adjacent to an activating group) is 1. The number of aromatic nitrogens is 1. The molecule has 1 amide bonds. The van der Waals surface area contributed by atoms with Gasteiger partial charge in [0.1, 0.15) is 23.1 Å². The first-order valence-electron chi connectivity index (χ1n) is 14.2. The number of pyridine rings is 1. The lowest BCUT2D eigenvalue weighted by Gasteiger charge is -2.20. The zero-order valence-electron chi connectivity index (χ0n) is 24.1. The maximum absolute atomic E-state index is 13.2. The van der Waals surface area contributed by atoms with Crippen LogP contribution in [0, 0.1) is 17.2 Å². The van der Waals surface area contributed by atoms with Crippen LogP contribution in [0.1, 0.15) is 35.7 Å². The van der Waals surface area contributed by atoms with Crippen LogP contribution in [0.4, 0.5) is 5.69 Å². The highest BCUT2D eigenvalue weighted by Gasteiger charge is 2.29. The first-order chi connectivity index (χ1) is 19.9. The van der Waals surface area contributed by atoms with Gasteiger partial charge in [-0.3, -0.25) is 9.78 Å². The van der Waals surface area contributed by atoms with Crippen molar-refractivity contribution in [1.82, 2.24) is 14.8 Å². The van der Waals surface area contributed by atoms with Crippen molar-refractivity contribution in [2.75, 3.05) is 52.3 Å². The number of hydrogen-bond acceptors (Lipinski definition) is 7. The molecule has 41 heavy (non-hydrogen) atoms. The molecule has 4 heterocycles. The van der Waals surface area contributed by atoms with Gasteiger partial charge in [-0.15, -0.1) is 0 Å². The highest BCUT2D eigenvalue weighted by molar-refractivity contribution is 5.97. The monoisotopic (exact) mass is 549 g/mol. The summed E-state index contributed by atoms with van der Waals surface area (Å²) in [6.45, 7) is 5.65. The average molecular weight is 550 g/mol. The van der Waals surface area contributed by atoms with Crippen molar-refractivity contribution in [3.8, 4) is 34.3 Å². The van der Waals surface area contributed by atoms with E-state index in [0.29, 0.717) is 45.7 Å². The number of furan rings is 1. The normalized spacial score (nSPS) is 18.8. The van der Waals surface area contributed by atoms with Gasteiger partial charge in [-0.25, -0.2) is 0 Å². The summed E-state index contributed by atoms with van der Waals surface area (Å²) >= 11 is 0. The SMILES string of the molecule is COc1cc(C(=O)N2CC[C@H](N(C)C)C2)ccc1-c1cc2nccc(-c3ccc(N4CC[C@H](C)C4)c(C#N)c3)c2o1. The van der Waals surface area contributed by atoms with Crippen molar-refractivity contribution in [3.63, 3.8) is 0 Å². The number of benzene rings is 2. The Balaban J connectivity index is 1.32. The van der Waals surface area contributed by atoms with Gasteiger partial charge < -0.3 is 23.9 Å². The second-order valence-corrected chi connectivity index (χ2v) is 11.4. The van der Waals surface area contributed by atoms with Gasteiger partial charge >= 0.3 is 0 Å². The maximum atomic E-state index is 13.2. The minimum Gasteiger partial charge on any atom is -0.496 e. The molecule has 0 saturated carbocycles. The predicted octanol–water partition coefficient (Wildman–Crippen LogP) is 5.66. The first-order valence-corrected chi connectivity index (χ1v) is 14.2. The summed E-state index contributed by atoms with van der Waals surface area (Å²) in [6.07, 6.45) is 3.87. The van der Waals surface area contributed by atoms with Gasteiger partial charge in [0.25, 0.3) is 5.91 Å². The number of anilines is 1. The molecule has 2 fully saturated rings. The zero-order valence-corrected chi connectivity index (χ0v) is 24.1. The lowest BCUT2D eigenvalue weighted by molar-refractivity contribution is 0.0782. The van der Waals surface area contributed by atoms with Crippen molar-refractivity contribution in [3.05, 3.63) is 65.9 Å². The second kappa shape index (κ2) is 10.9. The Kier molecular flexibility index (Phi) is 7.14. The lowest BCUT2D eigenvalue weighted by atomic mass is 10.0. The lowest BCUT2D eigenvalue weighted by Crippen LogP contribution is -2.34. The van der Waals surface area contributed by atoms with E-state index in [1.165, 1.54) is 0 Å². The van der Waals surface area contributed by atoms with E-state index in [4.69, 9.17) is 9.15 Å². The molecule has 0 N–H and O–H groups in total. The van der Waals surface area contributed by atoms with E-state index in [9.17, 15) is 10.1 Å². The number of hydrogen-bond donors (Lipinski definition) is 0. The molecule has 210 valence electrons. The smallest absolute Gasteiger partial charge is 0.254 e. The third kappa shape index (κ3) is 5.02. The summed E-state index contributed by atoms with van der Waals surface area (Å²) in [4.78, 5) is 24.2. The first kappa shape index (κ1) is 26.9. The third-order valence-corrected chi connectivity index (χ3v) is 8.50. The minimum absolute atomic E-state index is 0.00731. The average Bonchev–Trinajstić information content (AvgIpc) is 3.75. The Hall–Kier alpha value is -4.35. The number of amides is 1. The molecule has 2 aromatic carbocycles. The number of ether oxygens (including phenoxy) is 1. The van der Waals surface area contributed by atoms with Crippen LogP contribution in [0.3, 0.4) is 0 Å². The molecule has 0 unspecified atom stereocenters. The van der Waals surface area contributed by atoms with Gasteiger partial charge in [0.05, 0.1) is 23.9 Å². The van der Waals surface area contributed by atoms with Crippen LogP contribution >= 0.6 is 0 Å². The Morgan fingerprint density at radius 1 is 1.07 bits per heavy atom. The molecule has 4 aromatic rings. The summed E-state index contributed by atoms with van der Waals surface area (Å²) in [6, 6.07) is 18.1. The minimum atomic E-state index is 0.00731. The Morgan fingerprint density at radius 3 is 2.63 bits per heavy atom. The number of carbonyl (C=O) groups is 1. The van der Waals surface area contributed by atoms with Crippen LogP contribution in [0.25, 0.3) is 33.6 Å². The molecule has 6 rings (SSSR count). The Labute approximate surface area is 240 Å². The van der Waals surface area contributed by atoms with Crippen molar-refractivity contribution in [2.24, 2.45) is 5.92 Å². The number of nitrogens with zero attached hydrogens (tertiary/aromatic N) is 5. The molecule has 0 aliphatic carbocycles. The van der Waals surface area contributed by atoms with E-state index in [1.807, 2.05) is 41.3 Å². The fourth-order valence-corrected chi connectivity index (χ4v) is 6.08. The van der Waals surface area contributed by atoms with Crippen LogP contribution in [-0.4, -0.2) is 74.1 Å². The molecule has 0 spiro atoms. The predicted molar refractivity (Wildman–Crippen MR) is 160 cm³/mol. The van der Waals surface area contributed by atoms with Crippen LogP contribution in [0.15, 0.2) is 59.1 Å². The van der Waals surface area contributed by atoms with E-state index in [1.54, 1.807) is 19.4 Å². The molecule has 0 radical (unpaired) electrons. The number of rotatable bonds is 6. The van der Waals surface area contributed by atoms with Crippen LogP contribution in [0.5, 0.6) is 5.75 Å². The van der Waals surface area contributed by atoms with Gasteiger partial charge in [-0.05, 0) is 74.8 Å². The number of methoxy groups -OCH3 is 1. The molecular formula is C33H35N5O3. The van der Waals surface area contributed by atoms with Crippen LogP contribution in [-0.2, 0) is 0 Å². The van der Waals surface area contributed by atoms with Gasteiger partial charge in [0, 0.05) is 55.6 Å². The summed E-state index contributed by atoms with van der Waals surface area (Å²) < 4.78 is 12.1. The largest absolute Gasteiger partial charge is 0.496 e. The van der Waals surface area contributed by atoms with Gasteiger partial charge in [-0.2, -0.15) is 5.26 Å². The number of carbonyl (C=O) groups excluding carboxylic acids is 1. The molecule has 2 aromatic heterocycles. The van der Waals surface area contributed by atoms with Crippen molar-refractivity contribution in [2.45, 2.75) is 25.8 Å². The fraction of sp³-hybridized carbons (Fsp3) is 0.364. The summed E-state index contributed by atoms with van der Waals surface area (Å²) in [5, 5.41) is 9.95. The molecule has 2 aliphatic heterocycles. The molecule has 2 aliphatic rings. The number of fused-ring (bicyclic) bond motifs is 1. The maximum Gasteiger partial charge on any atom is 0.254 e. The van der Waals surface area contributed by atoms with E-state index in [2.05, 4.69) is 47.9 Å². The number of likely N-dealkylation sites (tertiary alicyclic amines) is 1. The van der Waals surface area contributed by atoms with Crippen LogP contribution < -0.4 is 9.64 Å². The van der Waals surface area contributed by atoms with Crippen LogP contribution in [0.2, 0.25) is 0 Å². The summed E-state index contributed by atoms with van der Waals surface area (Å²) in [5.74, 6) is 1.80. The standard InChI is InChI=1S/C33H35N5O3/c1-21-10-13-37(19-21)29-8-6-22(15-24(29)18-34)26-9-12-35-28-17-31(41-32(26)28)27-7-5-23(16-30(27)40-4)33(39)38-14-11-25(20-38)36(2)3/h5-9,12,15-17,21,25H,10-11,13-14,19-20H2,1-4H3/t21-,25-/m0/s1. The molecule has 2 atom stereocenters. The molecule has 8 nitrogen and oxygen atoms in total. The van der Waals surface area contributed by atoms with Gasteiger partial charge in [0.2, 0.25) is 0 Å². The zero-order chi connectivity index (χ0) is 28.7. The quantitative estimate of drug-likeness (QED) is 0.307. The Bertz CT molecular complexity index is 1650. The highest BCUT2D eigenvalue weighted by atomic mass is 16.5. The Morgan fingerprint density at radius 2 is 1.93 bits per heavy atom. The molecule has 2 saturated heterocycles. The topological polar surface area (TPSA) is 85.8 Å². The van der Waals surface area contributed by atoms with E-state index >= 15 is 0 Å². The number of nitriles is 1. The molecule has 8 heteroatoms. The molecular weight excluding hydrogens is 514 g/mol. The van der Waals surface area contributed by atoms with Gasteiger partial charge in [0.15, 0.2) is 5.58 Å². The third-order valence-electron chi connectivity index (χ3n) is 8.50. The van der Waals surface area contributed by atoms with E-state index in [-0.39, 0.29) is 5.91 Å². The fourth-order valence-electron chi connectivity index (χ4n) is 6.08. The summed E-state index contributed by atoms with van der Waals surface area (Å²) in [5.41, 5.74) is 6.11. The van der Waals surface area contributed by atoms with Crippen molar-refractivity contribution in [1.29, 1.82) is 5.26 Å². The van der Waals surface area contributed by atoms with E-state index in [0.717, 1.165) is 61.4 Å². The second-order valence-electron chi connectivity index (χ2n) is 11.4. The molecule has 0 bridgehead atoms. The summed E-state index contributed by atoms with van der Waals surface area (Å²) in [7, 11) is 5.70. The van der Waals surface area contributed by atoms with E-state index < -0.39 is 0 Å².